The predicted molar refractivity (Wildman–Crippen MR) is 69.0 cm³/mol. The van der Waals surface area contributed by atoms with Gasteiger partial charge in [-0.05, 0) is 41.3 Å². The highest BCUT2D eigenvalue weighted by molar-refractivity contribution is 9.10. The summed E-state index contributed by atoms with van der Waals surface area (Å²) in [6.45, 7) is 2.20. The van der Waals surface area contributed by atoms with Crippen molar-refractivity contribution < 1.29 is 9.90 Å². The zero-order valence-corrected chi connectivity index (χ0v) is 11.4. The van der Waals surface area contributed by atoms with E-state index in [1.54, 1.807) is 0 Å². The zero-order chi connectivity index (χ0) is 12.4. The van der Waals surface area contributed by atoms with E-state index in [0.29, 0.717) is 24.7 Å². The van der Waals surface area contributed by atoms with Gasteiger partial charge in [-0.1, -0.05) is 6.92 Å². The molecule has 5 heteroatoms. The van der Waals surface area contributed by atoms with E-state index in [1.807, 2.05) is 23.8 Å². The molecule has 0 aliphatic heterocycles. The minimum Gasteiger partial charge on any atom is -0.391 e. The summed E-state index contributed by atoms with van der Waals surface area (Å²) in [5, 5.41) is 12.2. The quantitative estimate of drug-likeness (QED) is 0.875. The second-order valence-electron chi connectivity index (χ2n) is 4.45. The molecule has 1 saturated carbocycles. The second-order valence-corrected chi connectivity index (χ2v) is 5.37. The van der Waals surface area contributed by atoms with Gasteiger partial charge in [0.15, 0.2) is 0 Å². The van der Waals surface area contributed by atoms with Gasteiger partial charge >= 0.3 is 0 Å². The number of nitrogens with one attached hydrogen (secondary N) is 1. The van der Waals surface area contributed by atoms with E-state index < -0.39 is 6.10 Å². The number of nitrogens with zero attached hydrogens (tertiary/aromatic N) is 1. The molecule has 1 fully saturated rings. The van der Waals surface area contributed by atoms with Crippen molar-refractivity contribution in [1.82, 2.24) is 9.88 Å². The number of halogens is 1. The Balaban J connectivity index is 2.03. The summed E-state index contributed by atoms with van der Waals surface area (Å²) in [6, 6.07) is 2.30. The van der Waals surface area contributed by atoms with Gasteiger partial charge in [-0.3, -0.25) is 4.79 Å². The predicted octanol–water partition coefficient (Wildman–Crippen LogP) is 2.09. The Morgan fingerprint density at radius 1 is 1.71 bits per heavy atom. The standard InChI is InChI=1S/C12H17BrN2O2/c1-2-10(16)6-14-12(17)11-5-8(13)7-15(11)9-3-4-9/h5,7,9-10,16H,2-4,6H2,1H3,(H,14,17). The maximum atomic E-state index is 12.0. The molecule has 0 spiro atoms. The molecule has 1 unspecified atom stereocenters. The minimum absolute atomic E-state index is 0.116. The molecule has 2 rings (SSSR count). The molecule has 17 heavy (non-hydrogen) atoms. The lowest BCUT2D eigenvalue weighted by Gasteiger charge is -2.11. The monoisotopic (exact) mass is 300 g/mol. The molecule has 4 nitrogen and oxygen atoms in total. The van der Waals surface area contributed by atoms with Crippen molar-refractivity contribution in [3.63, 3.8) is 0 Å². The molecule has 94 valence electrons. The third-order valence-corrected chi connectivity index (χ3v) is 3.39. The normalized spacial score (nSPS) is 16.9. The Labute approximate surface area is 109 Å². The van der Waals surface area contributed by atoms with Crippen LogP contribution < -0.4 is 5.32 Å². The smallest absolute Gasteiger partial charge is 0.268 e. The maximum absolute atomic E-state index is 12.0. The van der Waals surface area contributed by atoms with Crippen LogP contribution in [0.4, 0.5) is 0 Å². The van der Waals surface area contributed by atoms with Gasteiger partial charge in [-0.2, -0.15) is 0 Å². The second kappa shape index (κ2) is 5.23. The average molecular weight is 301 g/mol. The van der Waals surface area contributed by atoms with Gasteiger partial charge in [0.2, 0.25) is 0 Å². The van der Waals surface area contributed by atoms with E-state index >= 15 is 0 Å². The van der Waals surface area contributed by atoms with Gasteiger partial charge in [0.05, 0.1) is 6.10 Å². The molecule has 0 radical (unpaired) electrons. The van der Waals surface area contributed by atoms with Gasteiger partial charge in [0.25, 0.3) is 5.91 Å². The lowest BCUT2D eigenvalue weighted by Crippen LogP contribution is -2.32. The maximum Gasteiger partial charge on any atom is 0.268 e. The van der Waals surface area contributed by atoms with Crippen molar-refractivity contribution in [1.29, 1.82) is 0 Å². The summed E-state index contributed by atoms with van der Waals surface area (Å²) in [5.41, 5.74) is 0.669. The number of rotatable bonds is 5. The lowest BCUT2D eigenvalue weighted by molar-refractivity contribution is 0.0904. The van der Waals surface area contributed by atoms with Crippen molar-refractivity contribution in [2.75, 3.05) is 6.54 Å². The molecular weight excluding hydrogens is 284 g/mol. The van der Waals surface area contributed by atoms with Crippen LogP contribution in [0.3, 0.4) is 0 Å². The molecule has 1 heterocycles. The molecule has 2 N–H and O–H groups in total. The Morgan fingerprint density at radius 3 is 3.00 bits per heavy atom. The van der Waals surface area contributed by atoms with Crippen LogP contribution in [0.2, 0.25) is 0 Å². The van der Waals surface area contributed by atoms with Crippen molar-refractivity contribution >= 4 is 21.8 Å². The van der Waals surface area contributed by atoms with Crippen molar-refractivity contribution in [3.8, 4) is 0 Å². The fourth-order valence-corrected chi connectivity index (χ4v) is 2.17. The highest BCUT2D eigenvalue weighted by Crippen LogP contribution is 2.37. The van der Waals surface area contributed by atoms with Crippen LogP contribution in [-0.4, -0.2) is 28.2 Å². The van der Waals surface area contributed by atoms with Crippen LogP contribution in [0, 0.1) is 0 Å². The number of hydrogen-bond acceptors (Lipinski definition) is 2. The summed E-state index contributed by atoms with van der Waals surface area (Å²) in [6.07, 6.45) is 4.40. The first kappa shape index (κ1) is 12.6. The van der Waals surface area contributed by atoms with E-state index in [2.05, 4.69) is 21.2 Å². The third kappa shape index (κ3) is 3.10. The molecule has 0 aromatic carbocycles. The number of aliphatic hydroxyl groups excluding tert-OH is 1. The molecule has 1 aromatic heterocycles. The Bertz CT molecular complexity index is 413. The lowest BCUT2D eigenvalue weighted by atomic mass is 10.3. The Morgan fingerprint density at radius 2 is 2.41 bits per heavy atom. The summed E-state index contributed by atoms with van der Waals surface area (Å²) < 4.78 is 2.93. The first-order valence-electron chi connectivity index (χ1n) is 5.95. The van der Waals surface area contributed by atoms with E-state index in [4.69, 9.17) is 0 Å². The fraction of sp³-hybridized carbons (Fsp3) is 0.583. The number of aromatic nitrogens is 1. The zero-order valence-electron chi connectivity index (χ0n) is 9.82. The van der Waals surface area contributed by atoms with Crippen LogP contribution in [0.1, 0.15) is 42.7 Å². The largest absolute Gasteiger partial charge is 0.391 e. The van der Waals surface area contributed by atoms with E-state index in [1.165, 1.54) is 0 Å². The molecule has 1 aliphatic rings. The molecule has 1 amide bonds. The van der Waals surface area contributed by atoms with Gasteiger partial charge in [0.1, 0.15) is 5.69 Å². The SMILES string of the molecule is CCC(O)CNC(=O)c1cc(Br)cn1C1CC1. The number of hydrogen-bond donors (Lipinski definition) is 2. The highest BCUT2D eigenvalue weighted by Gasteiger charge is 2.27. The van der Waals surface area contributed by atoms with Gasteiger partial charge in [-0.25, -0.2) is 0 Å². The Kier molecular flexibility index (Phi) is 3.89. The van der Waals surface area contributed by atoms with E-state index in [-0.39, 0.29) is 5.91 Å². The number of carbonyl (C=O) groups excluding carboxylic acids is 1. The topological polar surface area (TPSA) is 54.3 Å². The Hall–Kier alpha value is -0.810. The van der Waals surface area contributed by atoms with E-state index in [9.17, 15) is 9.90 Å². The van der Waals surface area contributed by atoms with Gasteiger partial charge in [-0.15, -0.1) is 0 Å². The molecule has 0 bridgehead atoms. The first-order valence-corrected chi connectivity index (χ1v) is 6.74. The summed E-state index contributed by atoms with van der Waals surface area (Å²) in [4.78, 5) is 12.0. The summed E-state index contributed by atoms with van der Waals surface area (Å²) >= 11 is 3.39. The van der Waals surface area contributed by atoms with E-state index in [0.717, 1.165) is 17.3 Å². The van der Waals surface area contributed by atoms with Crippen LogP contribution in [0.5, 0.6) is 0 Å². The van der Waals surface area contributed by atoms with Crippen molar-refractivity contribution in [2.45, 2.75) is 38.3 Å². The van der Waals surface area contributed by atoms with Crippen LogP contribution in [-0.2, 0) is 0 Å². The van der Waals surface area contributed by atoms with Crippen molar-refractivity contribution in [3.05, 3.63) is 22.4 Å². The van der Waals surface area contributed by atoms with Crippen LogP contribution >= 0.6 is 15.9 Å². The van der Waals surface area contributed by atoms with Crippen LogP contribution in [0.15, 0.2) is 16.7 Å². The number of aliphatic hydroxyl groups is 1. The number of amides is 1. The average Bonchev–Trinajstić information content (AvgIpc) is 3.09. The molecule has 1 aliphatic carbocycles. The first-order chi connectivity index (χ1) is 8.11. The molecular formula is C12H17BrN2O2. The summed E-state index contributed by atoms with van der Waals surface area (Å²) in [5.74, 6) is -0.116. The fourth-order valence-electron chi connectivity index (χ4n) is 1.73. The molecule has 0 saturated heterocycles. The van der Waals surface area contributed by atoms with Crippen molar-refractivity contribution in [2.24, 2.45) is 0 Å². The summed E-state index contributed by atoms with van der Waals surface area (Å²) in [7, 11) is 0. The van der Waals surface area contributed by atoms with Gasteiger partial charge < -0.3 is 15.0 Å². The minimum atomic E-state index is -0.466. The molecule has 1 aromatic rings. The van der Waals surface area contributed by atoms with Crippen LogP contribution in [0.25, 0.3) is 0 Å². The third-order valence-electron chi connectivity index (χ3n) is 2.96. The van der Waals surface area contributed by atoms with Gasteiger partial charge in [0, 0.05) is 23.3 Å². The highest BCUT2D eigenvalue weighted by atomic mass is 79.9. The number of carbonyl (C=O) groups is 1. The molecule has 1 atom stereocenters.